The summed E-state index contributed by atoms with van der Waals surface area (Å²) in [7, 11) is 0. The summed E-state index contributed by atoms with van der Waals surface area (Å²) in [6.07, 6.45) is 4.77. The van der Waals surface area contributed by atoms with E-state index in [-0.39, 0.29) is 0 Å². The van der Waals surface area contributed by atoms with Crippen molar-refractivity contribution in [3.63, 3.8) is 0 Å². The van der Waals surface area contributed by atoms with E-state index in [0.717, 1.165) is 36.2 Å². The molecule has 0 atom stereocenters. The van der Waals surface area contributed by atoms with Gasteiger partial charge in [-0.15, -0.1) is 0 Å². The van der Waals surface area contributed by atoms with E-state index in [2.05, 4.69) is 17.0 Å². The van der Waals surface area contributed by atoms with E-state index in [0.29, 0.717) is 0 Å². The first-order valence-corrected chi connectivity index (χ1v) is 5.62. The minimum absolute atomic E-state index is 0.830. The van der Waals surface area contributed by atoms with E-state index in [1.54, 1.807) is 0 Å². The van der Waals surface area contributed by atoms with Crippen LogP contribution < -0.4 is 4.90 Å². The summed E-state index contributed by atoms with van der Waals surface area (Å²) < 4.78 is 0. The van der Waals surface area contributed by atoms with Gasteiger partial charge in [0.15, 0.2) is 6.29 Å². The number of carbonyl (C=O) groups is 1. The number of hydrogen-bond donors (Lipinski definition) is 0. The summed E-state index contributed by atoms with van der Waals surface area (Å²) >= 11 is 0. The van der Waals surface area contributed by atoms with Crippen molar-refractivity contribution < 1.29 is 4.79 Å². The topological polar surface area (TPSA) is 20.3 Å². The zero-order valence-electron chi connectivity index (χ0n) is 9.20. The molecule has 80 valence electrons. The second-order valence-corrected chi connectivity index (χ2v) is 4.23. The molecule has 1 aliphatic rings. The highest BCUT2D eigenvalue weighted by Crippen LogP contribution is 2.23. The minimum atomic E-state index is 0.830. The molecule has 2 heteroatoms. The molecular weight excluding hydrogens is 186 g/mol. The molecule has 1 aliphatic heterocycles. The molecule has 0 saturated carbocycles. The van der Waals surface area contributed by atoms with Crippen LogP contribution in [0.1, 0.15) is 35.2 Å². The number of piperidine rings is 1. The third kappa shape index (κ3) is 2.20. The van der Waals surface area contributed by atoms with Crippen LogP contribution in [0, 0.1) is 6.92 Å². The lowest BCUT2D eigenvalue weighted by molar-refractivity contribution is 0.112. The lowest BCUT2D eigenvalue weighted by atomic mass is 10.1. The van der Waals surface area contributed by atoms with Crippen molar-refractivity contribution in [1.82, 2.24) is 0 Å². The van der Waals surface area contributed by atoms with Gasteiger partial charge in [0.25, 0.3) is 0 Å². The maximum Gasteiger partial charge on any atom is 0.152 e. The van der Waals surface area contributed by atoms with Gasteiger partial charge in [0.1, 0.15) is 0 Å². The van der Waals surface area contributed by atoms with Crippen LogP contribution in [0.25, 0.3) is 0 Å². The van der Waals surface area contributed by atoms with Gasteiger partial charge in [-0.05, 0) is 38.3 Å². The van der Waals surface area contributed by atoms with Gasteiger partial charge in [0.2, 0.25) is 0 Å². The summed E-state index contributed by atoms with van der Waals surface area (Å²) in [4.78, 5) is 13.3. The largest absolute Gasteiger partial charge is 0.371 e. The SMILES string of the molecule is Cc1ccc(N2CCCCC2)c(C=O)c1. The van der Waals surface area contributed by atoms with Crippen LogP contribution in [0.2, 0.25) is 0 Å². The molecule has 0 aromatic heterocycles. The average Bonchev–Trinajstić information content (AvgIpc) is 2.30. The molecule has 2 nitrogen and oxygen atoms in total. The monoisotopic (exact) mass is 203 g/mol. The molecule has 2 rings (SSSR count). The van der Waals surface area contributed by atoms with Gasteiger partial charge in [-0.1, -0.05) is 11.6 Å². The maximum atomic E-state index is 11.0. The van der Waals surface area contributed by atoms with Gasteiger partial charge in [0, 0.05) is 24.3 Å². The van der Waals surface area contributed by atoms with E-state index in [1.807, 2.05) is 13.0 Å². The van der Waals surface area contributed by atoms with Crippen LogP contribution in [0.4, 0.5) is 5.69 Å². The van der Waals surface area contributed by atoms with E-state index in [1.165, 1.54) is 19.3 Å². The van der Waals surface area contributed by atoms with E-state index >= 15 is 0 Å². The van der Waals surface area contributed by atoms with Crippen LogP contribution in [-0.2, 0) is 0 Å². The van der Waals surface area contributed by atoms with Gasteiger partial charge >= 0.3 is 0 Å². The normalized spacial score (nSPS) is 16.5. The van der Waals surface area contributed by atoms with Crippen molar-refractivity contribution in [3.05, 3.63) is 29.3 Å². The number of aldehydes is 1. The average molecular weight is 203 g/mol. The van der Waals surface area contributed by atoms with Crippen molar-refractivity contribution in [2.45, 2.75) is 26.2 Å². The van der Waals surface area contributed by atoms with Gasteiger partial charge in [-0.3, -0.25) is 4.79 Å². The van der Waals surface area contributed by atoms with E-state index in [4.69, 9.17) is 0 Å². The number of hydrogen-bond acceptors (Lipinski definition) is 2. The Morgan fingerprint density at radius 3 is 2.60 bits per heavy atom. The Kier molecular flexibility index (Phi) is 3.05. The van der Waals surface area contributed by atoms with Crippen LogP contribution in [0.3, 0.4) is 0 Å². The molecule has 0 radical (unpaired) electrons. The number of benzene rings is 1. The van der Waals surface area contributed by atoms with Gasteiger partial charge < -0.3 is 4.90 Å². The molecule has 0 amide bonds. The fraction of sp³-hybridized carbons (Fsp3) is 0.462. The number of anilines is 1. The van der Waals surface area contributed by atoms with Crippen molar-refractivity contribution in [1.29, 1.82) is 0 Å². The fourth-order valence-corrected chi connectivity index (χ4v) is 2.19. The Morgan fingerprint density at radius 1 is 1.20 bits per heavy atom. The smallest absolute Gasteiger partial charge is 0.152 e. The second kappa shape index (κ2) is 4.47. The lowest BCUT2D eigenvalue weighted by Gasteiger charge is -2.29. The molecule has 0 spiro atoms. The Labute approximate surface area is 90.9 Å². The molecule has 0 bridgehead atoms. The zero-order valence-corrected chi connectivity index (χ0v) is 9.20. The predicted octanol–water partition coefficient (Wildman–Crippen LogP) is 2.80. The van der Waals surface area contributed by atoms with Crippen LogP contribution in [-0.4, -0.2) is 19.4 Å². The first kappa shape index (κ1) is 10.2. The van der Waals surface area contributed by atoms with Crippen molar-refractivity contribution in [2.75, 3.05) is 18.0 Å². The van der Waals surface area contributed by atoms with E-state index in [9.17, 15) is 4.79 Å². The van der Waals surface area contributed by atoms with Crippen LogP contribution in [0.5, 0.6) is 0 Å². The van der Waals surface area contributed by atoms with Crippen LogP contribution in [0.15, 0.2) is 18.2 Å². The highest BCUT2D eigenvalue weighted by atomic mass is 16.1. The molecule has 1 aromatic carbocycles. The van der Waals surface area contributed by atoms with Gasteiger partial charge in [0.05, 0.1) is 0 Å². The molecule has 1 heterocycles. The third-order valence-electron chi connectivity index (χ3n) is 3.01. The summed E-state index contributed by atoms with van der Waals surface area (Å²) in [6.45, 7) is 4.20. The Balaban J connectivity index is 2.29. The number of carbonyl (C=O) groups excluding carboxylic acids is 1. The van der Waals surface area contributed by atoms with Crippen molar-refractivity contribution >= 4 is 12.0 Å². The molecular formula is C13H17NO. The summed E-state index contributed by atoms with van der Waals surface area (Å²) in [6, 6.07) is 6.12. The Morgan fingerprint density at radius 2 is 1.93 bits per heavy atom. The number of nitrogens with zero attached hydrogens (tertiary/aromatic N) is 1. The first-order valence-electron chi connectivity index (χ1n) is 5.62. The highest BCUT2D eigenvalue weighted by Gasteiger charge is 2.13. The molecule has 0 unspecified atom stereocenters. The number of aryl methyl sites for hydroxylation is 1. The van der Waals surface area contributed by atoms with Crippen molar-refractivity contribution in [3.8, 4) is 0 Å². The Hall–Kier alpha value is -1.31. The number of rotatable bonds is 2. The fourth-order valence-electron chi connectivity index (χ4n) is 2.19. The first-order chi connectivity index (χ1) is 7.31. The van der Waals surface area contributed by atoms with E-state index < -0.39 is 0 Å². The van der Waals surface area contributed by atoms with Gasteiger partial charge in [-0.25, -0.2) is 0 Å². The lowest BCUT2D eigenvalue weighted by Crippen LogP contribution is -2.30. The Bertz CT molecular complexity index is 354. The third-order valence-corrected chi connectivity index (χ3v) is 3.01. The van der Waals surface area contributed by atoms with Gasteiger partial charge in [-0.2, -0.15) is 0 Å². The quantitative estimate of drug-likeness (QED) is 0.689. The molecule has 1 aromatic rings. The molecule has 15 heavy (non-hydrogen) atoms. The summed E-state index contributed by atoms with van der Waals surface area (Å²) in [5.41, 5.74) is 3.09. The molecule has 1 saturated heterocycles. The summed E-state index contributed by atoms with van der Waals surface area (Å²) in [5.74, 6) is 0. The maximum absolute atomic E-state index is 11.0. The standard InChI is InChI=1S/C13H17NO/c1-11-5-6-13(12(9-11)10-15)14-7-3-2-4-8-14/h5-6,9-10H,2-4,7-8H2,1H3. The molecule has 1 fully saturated rings. The molecule has 0 N–H and O–H groups in total. The minimum Gasteiger partial charge on any atom is -0.371 e. The second-order valence-electron chi connectivity index (χ2n) is 4.23. The van der Waals surface area contributed by atoms with Crippen LogP contribution >= 0.6 is 0 Å². The van der Waals surface area contributed by atoms with Crippen molar-refractivity contribution in [2.24, 2.45) is 0 Å². The molecule has 0 aliphatic carbocycles. The zero-order chi connectivity index (χ0) is 10.7. The summed E-state index contributed by atoms with van der Waals surface area (Å²) in [5, 5.41) is 0. The predicted molar refractivity (Wildman–Crippen MR) is 62.6 cm³/mol. The highest BCUT2D eigenvalue weighted by molar-refractivity contribution is 5.85.